The summed E-state index contributed by atoms with van der Waals surface area (Å²) >= 11 is 1.69. The molecule has 1 amide bonds. The lowest BCUT2D eigenvalue weighted by Crippen LogP contribution is -2.47. The molecular weight excluding hydrogens is 348 g/mol. The van der Waals surface area contributed by atoms with Gasteiger partial charge in [0.1, 0.15) is 22.8 Å². The molecule has 0 unspecified atom stereocenters. The molecule has 0 spiro atoms. The summed E-state index contributed by atoms with van der Waals surface area (Å²) < 4.78 is 0. The number of hydrogen-bond acceptors (Lipinski definition) is 7. The van der Waals surface area contributed by atoms with E-state index in [0.29, 0.717) is 5.56 Å². The summed E-state index contributed by atoms with van der Waals surface area (Å²) in [5.74, 6) is 1.62. The number of carbonyl (C=O) groups excluding carboxylic acids is 1. The summed E-state index contributed by atoms with van der Waals surface area (Å²) in [5, 5.41) is 3.80. The molecular formula is C18H20N6OS. The standard InChI is InChI=1S/C18H20N6OS/c1-12-10-14-16(21-11-22-18(14)26-12)24-8-6-23(7-9-24)15-13(17(25)19-2)4-3-5-20-15/h3-5,10-11H,6-9H2,1-2H3,(H,19,25). The fourth-order valence-corrected chi connectivity index (χ4v) is 4.15. The maximum Gasteiger partial charge on any atom is 0.254 e. The van der Waals surface area contributed by atoms with Gasteiger partial charge in [-0.3, -0.25) is 4.79 Å². The molecule has 7 nitrogen and oxygen atoms in total. The topological polar surface area (TPSA) is 74.2 Å². The van der Waals surface area contributed by atoms with E-state index in [1.165, 1.54) is 4.88 Å². The highest BCUT2D eigenvalue weighted by atomic mass is 32.1. The van der Waals surface area contributed by atoms with Crippen LogP contribution in [0.2, 0.25) is 0 Å². The Morgan fingerprint density at radius 2 is 1.85 bits per heavy atom. The van der Waals surface area contributed by atoms with Gasteiger partial charge in [0.05, 0.1) is 10.9 Å². The lowest BCUT2D eigenvalue weighted by molar-refractivity contribution is 0.0963. The predicted molar refractivity (Wildman–Crippen MR) is 104 cm³/mol. The SMILES string of the molecule is CNC(=O)c1cccnc1N1CCN(c2ncnc3sc(C)cc23)CC1. The third-order valence-electron chi connectivity index (χ3n) is 4.57. The maximum absolute atomic E-state index is 12.1. The Hall–Kier alpha value is -2.74. The molecule has 0 aromatic carbocycles. The first-order valence-electron chi connectivity index (χ1n) is 8.55. The molecule has 1 saturated heterocycles. The lowest BCUT2D eigenvalue weighted by atomic mass is 10.2. The van der Waals surface area contributed by atoms with Gasteiger partial charge in [-0.25, -0.2) is 15.0 Å². The Bertz CT molecular complexity index is 948. The second-order valence-electron chi connectivity index (χ2n) is 6.20. The van der Waals surface area contributed by atoms with Gasteiger partial charge < -0.3 is 15.1 Å². The van der Waals surface area contributed by atoms with Crippen molar-refractivity contribution >= 4 is 39.1 Å². The minimum atomic E-state index is -0.109. The van der Waals surface area contributed by atoms with Crippen LogP contribution in [0.5, 0.6) is 0 Å². The van der Waals surface area contributed by atoms with Crippen LogP contribution < -0.4 is 15.1 Å². The van der Waals surface area contributed by atoms with Gasteiger partial charge in [0.25, 0.3) is 5.91 Å². The van der Waals surface area contributed by atoms with Crippen LogP contribution in [0.3, 0.4) is 0 Å². The molecule has 134 valence electrons. The quantitative estimate of drug-likeness (QED) is 0.763. The van der Waals surface area contributed by atoms with Crippen molar-refractivity contribution in [3.63, 3.8) is 0 Å². The number of aryl methyl sites for hydroxylation is 1. The van der Waals surface area contributed by atoms with Gasteiger partial charge in [0.15, 0.2) is 0 Å². The van der Waals surface area contributed by atoms with Crippen molar-refractivity contribution in [1.82, 2.24) is 20.3 Å². The first-order valence-corrected chi connectivity index (χ1v) is 9.37. The van der Waals surface area contributed by atoms with E-state index < -0.39 is 0 Å². The Labute approximate surface area is 155 Å². The van der Waals surface area contributed by atoms with E-state index in [1.807, 2.05) is 6.07 Å². The summed E-state index contributed by atoms with van der Waals surface area (Å²) in [7, 11) is 1.64. The van der Waals surface area contributed by atoms with Crippen LogP contribution >= 0.6 is 11.3 Å². The van der Waals surface area contributed by atoms with E-state index in [2.05, 4.69) is 43.1 Å². The van der Waals surface area contributed by atoms with Crippen LogP contribution in [0.25, 0.3) is 10.2 Å². The number of thiophene rings is 1. The number of fused-ring (bicyclic) bond motifs is 1. The van der Waals surface area contributed by atoms with Crippen LogP contribution in [-0.2, 0) is 0 Å². The van der Waals surface area contributed by atoms with Gasteiger partial charge in [0.2, 0.25) is 0 Å². The van der Waals surface area contributed by atoms with Gasteiger partial charge in [-0.1, -0.05) is 0 Å². The number of hydrogen-bond donors (Lipinski definition) is 1. The van der Waals surface area contributed by atoms with E-state index >= 15 is 0 Å². The monoisotopic (exact) mass is 368 g/mol. The normalized spacial score (nSPS) is 14.7. The molecule has 1 aliphatic heterocycles. The van der Waals surface area contributed by atoms with Crippen LogP contribution in [0.4, 0.5) is 11.6 Å². The molecule has 0 bridgehead atoms. The zero-order valence-corrected chi connectivity index (χ0v) is 15.6. The third-order valence-corrected chi connectivity index (χ3v) is 5.53. The van der Waals surface area contributed by atoms with Gasteiger partial charge in [-0.15, -0.1) is 11.3 Å². The number of nitrogens with one attached hydrogen (secondary N) is 1. The zero-order valence-electron chi connectivity index (χ0n) is 14.8. The van der Waals surface area contributed by atoms with E-state index in [-0.39, 0.29) is 5.91 Å². The molecule has 8 heteroatoms. The van der Waals surface area contributed by atoms with Crippen molar-refractivity contribution < 1.29 is 4.79 Å². The van der Waals surface area contributed by atoms with Crippen molar-refractivity contribution in [3.8, 4) is 0 Å². The summed E-state index contributed by atoms with van der Waals surface area (Å²) in [4.78, 5) is 32.2. The fraction of sp³-hybridized carbons (Fsp3) is 0.333. The highest BCUT2D eigenvalue weighted by Gasteiger charge is 2.24. The molecule has 0 aliphatic carbocycles. The average molecular weight is 368 g/mol. The molecule has 1 fully saturated rings. The molecule has 0 radical (unpaired) electrons. The number of nitrogens with zero attached hydrogens (tertiary/aromatic N) is 5. The van der Waals surface area contributed by atoms with E-state index in [1.54, 1.807) is 37.0 Å². The van der Waals surface area contributed by atoms with Crippen molar-refractivity contribution in [2.45, 2.75) is 6.92 Å². The van der Waals surface area contributed by atoms with Crippen LogP contribution in [-0.4, -0.2) is 54.1 Å². The summed E-state index contributed by atoms with van der Waals surface area (Å²) in [6.45, 7) is 5.32. The smallest absolute Gasteiger partial charge is 0.254 e. The van der Waals surface area contributed by atoms with Crippen molar-refractivity contribution in [1.29, 1.82) is 0 Å². The first kappa shape index (κ1) is 16.7. The number of pyridine rings is 1. The first-order chi connectivity index (χ1) is 12.7. The molecule has 3 aromatic heterocycles. The molecule has 26 heavy (non-hydrogen) atoms. The molecule has 1 N–H and O–H groups in total. The molecule has 4 rings (SSSR count). The average Bonchev–Trinajstić information content (AvgIpc) is 3.07. The minimum absolute atomic E-state index is 0.109. The zero-order chi connectivity index (χ0) is 18.1. The highest BCUT2D eigenvalue weighted by molar-refractivity contribution is 7.18. The summed E-state index contributed by atoms with van der Waals surface area (Å²) in [6, 6.07) is 5.76. The second kappa shape index (κ2) is 6.87. The number of piperazine rings is 1. The Morgan fingerprint density at radius 1 is 1.12 bits per heavy atom. The van der Waals surface area contributed by atoms with Crippen LogP contribution in [0.15, 0.2) is 30.7 Å². The number of rotatable bonds is 3. The van der Waals surface area contributed by atoms with Crippen LogP contribution in [0, 0.1) is 6.92 Å². The fourth-order valence-electron chi connectivity index (χ4n) is 3.31. The predicted octanol–water partition coefficient (Wildman–Crippen LogP) is 2.08. The third kappa shape index (κ3) is 2.96. The lowest BCUT2D eigenvalue weighted by Gasteiger charge is -2.36. The molecule has 4 heterocycles. The van der Waals surface area contributed by atoms with Gasteiger partial charge >= 0.3 is 0 Å². The molecule has 3 aromatic rings. The Morgan fingerprint density at radius 3 is 2.58 bits per heavy atom. The maximum atomic E-state index is 12.1. The van der Waals surface area contributed by atoms with E-state index in [0.717, 1.165) is 48.0 Å². The molecule has 1 aliphatic rings. The number of aromatic nitrogens is 3. The minimum Gasteiger partial charge on any atom is -0.355 e. The number of amides is 1. The number of anilines is 2. The van der Waals surface area contributed by atoms with Crippen molar-refractivity contribution in [3.05, 3.63) is 41.2 Å². The summed E-state index contributed by atoms with van der Waals surface area (Å²) in [5.41, 5.74) is 0.612. The summed E-state index contributed by atoms with van der Waals surface area (Å²) in [6.07, 6.45) is 3.37. The highest BCUT2D eigenvalue weighted by Crippen LogP contribution is 2.30. The number of carbonyl (C=O) groups is 1. The van der Waals surface area contributed by atoms with Crippen molar-refractivity contribution in [2.75, 3.05) is 43.0 Å². The van der Waals surface area contributed by atoms with Crippen LogP contribution in [0.1, 0.15) is 15.2 Å². The molecule has 0 saturated carbocycles. The van der Waals surface area contributed by atoms with Gasteiger partial charge in [-0.2, -0.15) is 0 Å². The van der Waals surface area contributed by atoms with Gasteiger partial charge in [-0.05, 0) is 25.1 Å². The van der Waals surface area contributed by atoms with Gasteiger partial charge in [0, 0.05) is 44.3 Å². The Balaban J connectivity index is 1.55. The van der Waals surface area contributed by atoms with E-state index in [4.69, 9.17) is 0 Å². The second-order valence-corrected chi connectivity index (χ2v) is 7.44. The Kier molecular flexibility index (Phi) is 4.42. The van der Waals surface area contributed by atoms with Crippen molar-refractivity contribution in [2.24, 2.45) is 0 Å². The molecule has 0 atom stereocenters. The largest absolute Gasteiger partial charge is 0.355 e. The van der Waals surface area contributed by atoms with E-state index in [9.17, 15) is 4.79 Å².